The van der Waals surface area contributed by atoms with Crippen LogP contribution in [-0.2, 0) is 16.0 Å². The number of aromatic amines is 1. The van der Waals surface area contributed by atoms with E-state index in [0.29, 0.717) is 5.69 Å². The first-order valence-electron chi connectivity index (χ1n) is 7.58. The molecule has 0 radical (unpaired) electrons. The van der Waals surface area contributed by atoms with Gasteiger partial charge in [-0.1, -0.05) is 26.2 Å². The lowest BCUT2D eigenvalue weighted by atomic mass is 9.94. The topological polar surface area (TPSA) is 84.1 Å². The van der Waals surface area contributed by atoms with E-state index < -0.39 is 0 Å². The molecule has 1 heterocycles. The number of amides is 1. The molecule has 116 valence electrons. The summed E-state index contributed by atoms with van der Waals surface area (Å²) < 4.78 is 4.87. The van der Waals surface area contributed by atoms with Crippen molar-refractivity contribution in [1.82, 2.24) is 15.3 Å². The van der Waals surface area contributed by atoms with Crippen molar-refractivity contribution in [3.63, 3.8) is 0 Å². The number of methoxy groups -OCH3 is 1. The maximum Gasteiger partial charge on any atom is 0.310 e. The van der Waals surface area contributed by atoms with Crippen LogP contribution in [0.15, 0.2) is 6.20 Å². The summed E-state index contributed by atoms with van der Waals surface area (Å²) in [6.45, 7) is 1.97. The van der Waals surface area contributed by atoms with Gasteiger partial charge < -0.3 is 15.0 Å². The van der Waals surface area contributed by atoms with Crippen LogP contribution >= 0.6 is 0 Å². The highest BCUT2D eigenvalue weighted by molar-refractivity contribution is 5.92. The molecule has 6 heteroatoms. The van der Waals surface area contributed by atoms with E-state index in [9.17, 15) is 9.59 Å². The molecular formula is C15H23N3O3. The Kier molecular flexibility index (Phi) is 5.36. The summed E-state index contributed by atoms with van der Waals surface area (Å²) in [5, 5.41) is 2.97. The quantitative estimate of drug-likeness (QED) is 0.655. The monoisotopic (exact) mass is 293 g/mol. The Hall–Kier alpha value is -1.85. The second-order valence-electron chi connectivity index (χ2n) is 5.44. The molecule has 0 aromatic carbocycles. The molecule has 1 aromatic heterocycles. The van der Waals surface area contributed by atoms with Crippen LogP contribution in [0.4, 0.5) is 0 Å². The first-order chi connectivity index (χ1) is 10.2. The Morgan fingerprint density at radius 2 is 2.14 bits per heavy atom. The number of hydrogen-bond acceptors (Lipinski definition) is 4. The molecule has 1 saturated carbocycles. The summed E-state index contributed by atoms with van der Waals surface area (Å²) in [4.78, 5) is 31.3. The second kappa shape index (κ2) is 7.24. The summed E-state index contributed by atoms with van der Waals surface area (Å²) >= 11 is 0. The lowest BCUT2D eigenvalue weighted by molar-refractivity contribution is -0.146. The standard InChI is InChI=1S/C15H23N3O3/c1-3-13-16-9-12(17-13)14(19)18-11-8-6-4-5-7-10(11)15(20)21-2/h9-11H,3-8H2,1-2H3,(H,16,17)(H,18,19). The van der Waals surface area contributed by atoms with Crippen LogP contribution in [0, 0.1) is 5.92 Å². The van der Waals surface area contributed by atoms with Gasteiger partial charge in [0.05, 0.1) is 19.2 Å². The van der Waals surface area contributed by atoms with Crippen LogP contribution in [0.5, 0.6) is 0 Å². The van der Waals surface area contributed by atoms with Gasteiger partial charge in [-0.2, -0.15) is 0 Å². The maximum atomic E-state index is 12.3. The lowest BCUT2D eigenvalue weighted by Crippen LogP contribution is -2.43. The van der Waals surface area contributed by atoms with Gasteiger partial charge in [-0.25, -0.2) is 4.98 Å². The molecule has 0 aliphatic heterocycles. The molecule has 1 fully saturated rings. The Balaban J connectivity index is 2.06. The summed E-state index contributed by atoms with van der Waals surface area (Å²) in [6, 6.07) is -0.166. The number of hydrogen-bond donors (Lipinski definition) is 2. The average molecular weight is 293 g/mol. The Bertz CT molecular complexity index is 498. The highest BCUT2D eigenvalue weighted by atomic mass is 16.5. The van der Waals surface area contributed by atoms with E-state index in [1.165, 1.54) is 13.3 Å². The Labute approximate surface area is 124 Å². The van der Waals surface area contributed by atoms with Gasteiger partial charge in [0.1, 0.15) is 11.5 Å². The number of esters is 1. The highest BCUT2D eigenvalue weighted by Crippen LogP contribution is 2.24. The van der Waals surface area contributed by atoms with Gasteiger partial charge in [0.2, 0.25) is 0 Å². The minimum atomic E-state index is -0.255. The van der Waals surface area contributed by atoms with Gasteiger partial charge >= 0.3 is 5.97 Å². The molecule has 1 aromatic rings. The first-order valence-corrected chi connectivity index (χ1v) is 7.58. The third-order valence-electron chi connectivity index (χ3n) is 4.04. The number of carbonyl (C=O) groups excluding carboxylic acids is 2. The minimum absolute atomic E-state index is 0.166. The van der Waals surface area contributed by atoms with Crippen LogP contribution in [0.2, 0.25) is 0 Å². The van der Waals surface area contributed by atoms with E-state index in [1.807, 2.05) is 6.92 Å². The number of rotatable bonds is 4. The molecule has 0 spiro atoms. The fourth-order valence-electron chi connectivity index (χ4n) is 2.82. The molecule has 21 heavy (non-hydrogen) atoms. The molecule has 1 aliphatic carbocycles. The number of H-pyrrole nitrogens is 1. The number of ether oxygens (including phenoxy) is 1. The van der Waals surface area contributed by atoms with E-state index in [1.54, 1.807) is 0 Å². The molecular weight excluding hydrogens is 270 g/mol. The van der Waals surface area contributed by atoms with E-state index in [0.717, 1.165) is 44.3 Å². The van der Waals surface area contributed by atoms with Gasteiger partial charge in [-0.15, -0.1) is 0 Å². The zero-order valence-electron chi connectivity index (χ0n) is 12.6. The summed E-state index contributed by atoms with van der Waals surface area (Å²) in [6.07, 6.45) is 6.96. The zero-order chi connectivity index (χ0) is 15.2. The van der Waals surface area contributed by atoms with Gasteiger partial charge in [0, 0.05) is 12.5 Å². The summed E-state index contributed by atoms with van der Waals surface area (Å²) in [7, 11) is 1.40. The van der Waals surface area contributed by atoms with Crippen molar-refractivity contribution in [2.45, 2.75) is 51.5 Å². The first kappa shape index (κ1) is 15.5. The number of nitrogens with zero attached hydrogens (tertiary/aromatic N) is 1. The van der Waals surface area contributed by atoms with Crippen LogP contribution in [0.1, 0.15) is 55.3 Å². The molecule has 6 nitrogen and oxygen atoms in total. The van der Waals surface area contributed by atoms with Crippen molar-refractivity contribution in [2.24, 2.45) is 5.92 Å². The maximum absolute atomic E-state index is 12.3. The van der Waals surface area contributed by atoms with Crippen LogP contribution < -0.4 is 5.32 Å². The molecule has 2 N–H and O–H groups in total. The van der Waals surface area contributed by atoms with Crippen molar-refractivity contribution in [3.05, 3.63) is 17.7 Å². The third-order valence-corrected chi connectivity index (χ3v) is 4.04. The predicted molar refractivity (Wildman–Crippen MR) is 77.8 cm³/mol. The largest absolute Gasteiger partial charge is 0.469 e. The van der Waals surface area contributed by atoms with Gasteiger partial charge in [-0.3, -0.25) is 9.59 Å². The zero-order valence-corrected chi connectivity index (χ0v) is 12.6. The van der Waals surface area contributed by atoms with Crippen molar-refractivity contribution in [1.29, 1.82) is 0 Å². The van der Waals surface area contributed by atoms with Crippen LogP contribution in [0.25, 0.3) is 0 Å². The normalized spacial score (nSPS) is 22.4. The number of carbonyl (C=O) groups is 2. The Morgan fingerprint density at radius 3 is 2.81 bits per heavy atom. The Morgan fingerprint density at radius 1 is 1.38 bits per heavy atom. The third kappa shape index (κ3) is 3.83. The molecule has 1 amide bonds. The summed E-state index contributed by atoms with van der Waals surface area (Å²) in [5.41, 5.74) is 0.444. The van der Waals surface area contributed by atoms with Crippen molar-refractivity contribution in [3.8, 4) is 0 Å². The lowest BCUT2D eigenvalue weighted by Gasteiger charge is -2.23. The van der Waals surface area contributed by atoms with E-state index in [4.69, 9.17) is 4.74 Å². The average Bonchev–Trinajstić information content (AvgIpc) is 2.87. The highest BCUT2D eigenvalue weighted by Gasteiger charge is 2.31. The van der Waals surface area contributed by atoms with Crippen molar-refractivity contribution < 1.29 is 14.3 Å². The van der Waals surface area contributed by atoms with Crippen LogP contribution in [0.3, 0.4) is 0 Å². The van der Waals surface area contributed by atoms with E-state index in [-0.39, 0.29) is 23.8 Å². The number of imidazole rings is 1. The van der Waals surface area contributed by atoms with E-state index >= 15 is 0 Å². The molecule has 2 atom stereocenters. The molecule has 0 bridgehead atoms. The van der Waals surface area contributed by atoms with Crippen LogP contribution in [-0.4, -0.2) is 35.0 Å². The number of nitrogens with one attached hydrogen (secondary N) is 2. The van der Waals surface area contributed by atoms with Gasteiger partial charge in [0.15, 0.2) is 0 Å². The molecule has 2 rings (SSSR count). The fourth-order valence-corrected chi connectivity index (χ4v) is 2.82. The minimum Gasteiger partial charge on any atom is -0.469 e. The molecule has 2 unspecified atom stereocenters. The second-order valence-corrected chi connectivity index (χ2v) is 5.44. The molecule has 1 aliphatic rings. The number of aromatic nitrogens is 2. The van der Waals surface area contributed by atoms with E-state index in [2.05, 4.69) is 15.3 Å². The smallest absolute Gasteiger partial charge is 0.310 e. The number of aryl methyl sites for hydroxylation is 1. The predicted octanol–water partition coefficient (Wildman–Crippen LogP) is 1.82. The fraction of sp³-hybridized carbons (Fsp3) is 0.667. The van der Waals surface area contributed by atoms with Gasteiger partial charge in [0.25, 0.3) is 5.91 Å². The summed E-state index contributed by atoms with van der Waals surface area (Å²) in [5.74, 6) is 0.0876. The molecule has 0 saturated heterocycles. The SMILES string of the molecule is CCc1ncc(C(=O)NC2CCCCCC2C(=O)OC)[nH]1. The van der Waals surface area contributed by atoms with Crippen molar-refractivity contribution >= 4 is 11.9 Å². The van der Waals surface area contributed by atoms with Gasteiger partial charge in [-0.05, 0) is 12.8 Å². The van der Waals surface area contributed by atoms with Crippen molar-refractivity contribution in [2.75, 3.05) is 7.11 Å².